The summed E-state index contributed by atoms with van der Waals surface area (Å²) in [7, 11) is 0. The number of carbonyl (C=O) groups excluding carboxylic acids is 2. The lowest BCUT2D eigenvalue weighted by atomic mass is 10.0. The number of rotatable bonds is 7. The molecule has 0 saturated carbocycles. The maximum Gasteiger partial charge on any atom is 0.247 e. The van der Waals surface area contributed by atoms with Crippen LogP contribution in [-0.4, -0.2) is 63.3 Å². The molecule has 0 aliphatic carbocycles. The number of aromatic nitrogens is 1. The van der Waals surface area contributed by atoms with Crippen molar-refractivity contribution in [2.24, 2.45) is 0 Å². The van der Waals surface area contributed by atoms with E-state index in [2.05, 4.69) is 101 Å². The molecule has 2 aliphatic heterocycles. The Morgan fingerprint density at radius 1 is 0.643 bits per heavy atom. The van der Waals surface area contributed by atoms with Crippen LogP contribution in [0.3, 0.4) is 0 Å². The first kappa shape index (κ1) is 26.2. The van der Waals surface area contributed by atoms with Crippen molar-refractivity contribution in [2.45, 2.75) is 25.7 Å². The van der Waals surface area contributed by atoms with E-state index < -0.39 is 6.04 Å². The van der Waals surface area contributed by atoms with Gasteiger partial charge in [0.15, 0.2) is 0 Å². The summed E-state index contributed by atoms with van der Waals surface area (Å²) in [5.41, 5.74) is 7.06. The van der Waals surface area contributed by atoms with Crippen molar-refractivity contribution in [3.63, 3.8) is 0 Å². The summed E-state index contributed by atoms with van der Waals surface area (Å²) < 4.78 is 2.32. The third-order valence-electron chi connectivity index (χ3n) is 8.60. The molecule has 3 heterocycles. The Hall–Kier alpha value is -4.68. The SMILES string of the molecule is O=C1C2CN(Cc3cn(Cc4ccccc4)c4ccccc34)CCN2C(=O)CN1Cc1ccc(-c2ccccc2)cc1. The van der Waals surface area contributed by atoms with Crippen molar-refractivity contribution < 1.29 is 9.59 Å². The van der Waals surface area contributed by atoms with Gasteiger partial charge in [0, 0.05) is 56.4 Å². The van der Waals surface area contributed by atoms with Gasteiger partial charge in [-0.1, -0.05) is 103 Å². The first-order chi connectivity index (χ1) is 20.6. The Kier molecular flexibility index (Phi) is 7.06. The molecule has 6 nitrogen and oxygen atoms in total. The Morgan fingerprint density at radius 2 is 1.31 bits per heavy atom. The Morgan fingerprint density at radius 3 is 2.10 bits per heavy atom. The number of piperazine rings is 2. The van der Waals surface area contributed by atoms with Crippen molar-refractivity contribution in [1.29, 1.82) is 0 Å². The van der Waals surface area contributed by atoms with Gasteiger partial charge < -0.3 is 14.4 Å². The van der Waals surface area contributed by atoms with Gasteiger partial charge in [-0.3, -0.25) is 14.5 Å². The second-order valence-electron chi connectivity index (χ2n) is 11.4. The first-order valence-electron chi connectivity index (χ1n) is 14.7. The third-order valence-corrected chi connectivity index (χ3v) is 8.60. The van der Waals surface area contributed by atoms with Crippen molar-refractivity contribution in [1.82, 2.24) is 19.3 Å². The molecule has 1 aromatic heterocycles. The molecule has 2 saturated heterocycles. The number of nitrogens with zero attached hydrogens (tertiary/aromatic N) is 4. The molecule has 2 aliphatic rings. The molecule has 0 N–H and O–H groups in total. The molecule has 0 bridgehead atoms. The maximum absolute atomic E-state index is 13.7. The fourth-order valence-electron chi connectivity index (χ4n) is 6.42. The van der Waals surface area contributed by atoms with Crippen LogP contribution >= 0.6 is 0 Å². The van der Waals surface area contributed by atoms with Crippen molar-refractivity contribution in [2.75, 3.05) is 26.2 Å². The van der Waals surface area contributed by atoms with Crippen molar-refractivity contribution in [3.05, 3.63) is 132 Å². The Balaban J connectivity index is 1.06. The monoisotopic (exact) mass is 554 g/mol. The predicted octanol–water partition coefficient (Wildman–Crippen LogP) is 5.41. The molecule has 7 rings (SSSR count). The number of carbonyl (C=O) groups is 2. The van der Waals surface area contributed by atoms with E-state index in [1.54, 1.807) is 9.80 Å². The zero-order chi connectivity index (χ0) is 28.5. The first-order valence-corrected chi connectivity index (χ1v) is 14.7. The molecule has 0 radical (unpaired) electrons. The summed E-state index contributed by atoms with van der Waals surface area (Å²) in [6.45, 7) is 4.03. The number of hydrogen-bond acceptors (Lipinski definition) is 3. The van der Waals surface area contributed by atoms with Gasteiger partial charge in [0.1, 0.15) is 12.6 Å². The summed E-state index contributed by atoms with van der Waals surface area (Å²) in [6, 6.07) is 37.1. The largest absolute Gasteiger partial charge is 0.343 e. The smallest absolute Gasteiger partial charge is 0.247 e. The minimum absolute atomic E-state index is 0.0398. The molecule has 2 amide bonds. The van der Waals surface area contributed by atoms with Gasteiger partial charge in [-0.05, 0) is 33.9 Å². The zero-order valence-electron chi connectivity index (χ0n) is 23.6. The van der Waals surface area contributed by atoms with E-state index in [4.69, 9.17) is 0 Å². The average molecular weight is 555 g/mol. The lowest BCUT2D eigenvalue weighted by Gasteiger charge is -2.46. The van der Waals surface area contributed by atoms with Gasteiger partial charge in [0.2, 0.25) is 11.8 Å². The number of para-hydroxylation sites is 1. The molecule has 4 aromatic carbocycles. The van der Waals surface area contributed by atoms with Crippen LogP contribution in [0.2, 0.25) is 0 Å². The van der Waals surface area contributed by atoms with E-state index in [0.29, 0.717) is 19.6 Å². The number of fused-ring (bicyclic) bond motifs is 2. The van der Waals surface area contributed by atoms with Gasteiger partial charge >= 0.3 is 0 Å². The Bertz CT molecular complexity index is 1710. The maximum atomic E-state index is 13.7. The minimum Gasteiger partial charge on any atom is -0.343 e. The predicted molar refractivity (Wildman–Crippen MR) is 166 cm³/mol. The second kappa shape index (κ2) is 11.3. The highest BCUT2D eigenvalue weighted by atomic mass is 16.2. The molecule has 6 heteroatoms. The number of amides is 2. The summed E-state index contributed by atoms with van der Waals surface area (Å²) in [5.74, 6) is 0.0811. The van der Waals surface area contributed by atoms with E-state index in [9.17, 15) is 9.59 Å². The molecule has 2 fully saturated rings. The fourth-order valence-corrected chi connectivity index (χ4v) is 6.42. The normalized spacial score (nSPS) is 17.6. The Labute approximate surface area is 246 Å². The van der Waals surface area contributed by atoms with E-state index in [1.807, 2.05) is 24.3 Å². The second-order valence-corrected chi connectivity index (χ2v) is 11.4. The van der Waals surface area contributed by atoms with Crippen LogP contribution in [0, 0.1) is 0 Å². The molecule has 0 spiro atoms. The van der Waals surface area contributed by atoms with E-state index >= 15 is 0 Å². The van der Waals surface area contributed by atoms with Crippen LogP contribution in [0.5, 0.6) is 0 Å². The molecule has 210 valence electrons. The third kappa shape index (κ3) is 5.21. The lowest BCUT2D eigenvalue weighted by molar-refractivity contribution is -0.160. The van der Waals surface area contributed by atoms with Crippen LogP contribution in [0.15, 0.2) is 115 Å². The molecule has 5 aromatic rings. The fraction of sp³-hybridized carbons (Fsp3) is 0.222. The van der Waals surface area contributed by atoms with Gasteiger partial charge in [0.05, 0.1) is 0 Å². The topological polar surface area (TPSA) is 48.8 Å². The van der Waals surface area contributed by atoms with Gasteiger partial charge in [-0.15, -0.1) is 0 Å². The van der Waals surface area contributed by atoms with E-state index in [0.717, 1.165) is 36.3 Å². The summed E-state index contributed by atoms with van der Waals surface area (Å²) in [6.07, 6.45) is 2.25. The van der Waals surface area contributed by atoms with Gasteiger partial charge in [0.25, 0.3) is 0 Å². The molecular formula is C36H34N4O2. The number of hydrogen-bond donors (Lipinski definition) is 0. The van der Waals surface area contributed by atoms with Crippen molar-refractivity contribution in [3.8, 4) is 11.1 Å². The van der Waals surface area contributed by atoms with Gasteiger partial charge in [-0.25, -0.2) is 0 Å². The molecule has 1 atom stereocenters. The summed E-state index contributed by atoms with van der Waals surface area (Å²) in [4.78, 5) is 32.7. The highest BCUT2D eigenvalue weighted by molar-refractivity contribution is 5.95. The van der Waals surface area contributed by atoms with E-state index in [-0.39, 0.29) is 18.4 Å². The minimum atomic E-state index is -0.443. The highest BCUT2D eigenvalue weighted by Gasteiger charge is 2.42. The van der Waals surface area contributed by atoms with Crippen LogP contribution in [0.1, 0.15) is 16.7 Å². The molecule has 42 heavy (non-hydrogen) atoms. The highest BCUT2D eigenvalue weighted by Crippen LogP contribution is 2.27. The van der Waals surface area contributed by atoms with Gasteiger partial charge in [-0.2, -0.15) is 0 Å². The summed E-state index contributed by atoms with van der Waals surface area (Å²) in [5, 5.41) is 1.24. The van der Waals surface area contributed by atoms with E-state index in [1.165, 1.54) is 22.0 Å². The van der Waals surface area contributed by atoms with Crippen LogP contribution in [0.25, 0.3) is 22.0 Å². The van der Waals surface area contributed by atoms with Crippen LogP contribution in [-0.2, 0) is 29.2 Å². The molecule has 1 unspecified atom stereocenters. The zero-order valence-corrected chi connectivity index (χ0v) is 23.6. The summed E-state index contributed by atoms with van der Waals surface area (Å²) >= 11 is 0. The van der Waals surface area contributed by atoms with Crippen LogP contribution < -0.4 is 0 Å². The number of benzene rings is 4. The lowest BCUT2D eigenvalue weighted by Crippen LogP contribution is -2.66. The van der Waals surface area contributed by atoms with Crippen LogP contribution in [0.4, 0.5) is 0 Å². The van der Waals surface area contributed by atoms with Crippen molar-refractivity contribution >= 4 is 22.7 Å². The molecular weight excluding hydrogens is 520 g/mol. The quantitative estimate of drug-likeness (QED) is 0.270. The average Bonchev–Trinajstić information content (AvgIpc) is 3.37. The standard InChI is InChI=1S/C36H34N4O2/c41-35-26-39(22-28-15-17-30(18-16-28)29-11-5-2-6-12-29)36(42)34-25-37(19-20-40(34)35)23-31-24-38(21-27-9-3-1-4-10-27)33-14-8-7-13-32(31)33/h1-18,24,34H,19-23,25-26H2.